The van der Waals surface area contributed by atoms with Gasteiger partial charge in [-0.25, -0.2) is 23.2 Å². The van der Waals surface area contributed by atoms with Gasteiger partial charge < -0.3 is 15.2 Å². The molecule has 1 heterocycles. The van der Waals surface area contributed by atoms with Gasteiger partial charge in [-0.15, -0.1) is 0 Å². The molecule has 0 bridgehead atoms. The van der Waals surface area contributed by atoms with Crippen LogP contribution < -0.4 is 14.8 Å². The standard InChI is InChI=1S/C20H17ClN4O5S/c1-12(7-10-18(26)27)31(28,29)25-20-19(22-15-5-3-4-6-16(15)23-20)24-17-11-13(30-2)8-9-14(17)21/h3-11H,1H2,2H3,(H,22,24)(H,23,25)(H,26,27)/b10-7+. The van der Waals surface area contributed by atoms with Crippen molar-refractivity contribution < 1.29 is 23.1 Å². The monoisotopic (exact) mass is 460 g/mol. The molecule has 2 aromatic carbocycles. The number of carboxylic acid groups (broad SMARTS) is 1. The average molecular weight is 461 g/mol. The molecule has 0 saturated heterocycles. The van der Waals surface area contributed by atoms with Crippen LogP contribution in [0.2, 0.25) is 5.02 Å². The van der Waals surface area contributed by atoms with Crippen molar-refractivity contribution in [2.45, 2.75) is 0 Å². The Kier molecular flexibility index (Phi) is 6.42. The largest absolute Gasteiger partial charge is 0.497 e. The number of nitrogens with one attached hydrogen (secondary N) is 2. The minimum absolute atomic E-state index is 0.0763. The molecular weight excluding hydrogens is 444 g/mol. The number of anilines is 3. The van der Waals surface area contributed by atoms with E-state index in [4.69, 9.17) is 21.4 Å². The van der Waals surface area contributed by atoms with Gasteiger partial charge in [0, 0.05) is 12.1 Å². The summed E-state index contributed by atoms with van der Waals surface area (Å²) in [5.74, 6) is -0.832. The number of nitrogens with zero attached hydrogens (tertiary/aromatic N) is 2. The number of methoxy groups -OCH3 is 1. The zero-order valence-corrected chi connectivity index (χ0v) is 17.7. The van der Waals surface area contributed by atoms with Crippen LogP contribution >= 0.6 is 11.6 Å². The summed E-state index contributed by atoms with van der Waals surface area (Å²) >= 11 is 6.24. The highest BCUT2D eigenvalue weighted by Crippen LogP contribution is 2.32. The Labute approximate surface area is 183 Å². The zero-order chi connectivity index (χ0) is 22.6. The number of hydrogen-bond donors (Lipinski definition) is 3. The van der Waals surface area contributed by atoms with Crippen molar-refractivity contribution in [3.63, 3.8) is 0 Å². The number of aromatic nitrogens is 2. The molecule has 0 fully saturated rings. The average Bonchev–Trinajstić information content (AvgIpc) is 2.73. The molecule has 1 aromatic heterocycles. The van der Waals surface area contributed by atoms with Gasteiger partial charge in [0.15, 0.2) is 11.6 Å². The molecule has 0 radical (unpaired) electrons. The lowest BCUT2D eigenvalue weighted by atomic mass is 10.3. The number of ether oxygens (including phenoxy) is 1. The number of carbonyl (C=O) groups is 1. The number of hydrogen-bond acceptors (Lipinski definition) is 7. The summed E-state index contributed by atoms with van der Waals surface area (Å²) in [6.45, 7) is 3.40. The van der Waals surface area contributed by atoms with Gasteiger partial charge >= 0.3 is 5.97 Å². The molecule has 160 valence electrons. The fourth-order valence-electron chi connectivity index (χ4n) is 2.46. The van der Waals surface area contributed by atoms with Crippen molar-refractivity contribution in [1.29, 1.82) is 0 Å². The highest BCUT2D eigenvalue weighted by atomic mass is 35.5. The molecule has 0 atom stereocenters. The second-order valence-electron chi connectivity index (χ2n) is 6.12. The Bertz CT molecular complexity index is 1310. The third-order valence-corrected chi connectivity index (χ3v) is 5.60. The fourth-order valence-corrected chi connectivity index (χ4v) is 3.40. The molecule has 3 aromatic rings. The molecule has 31 heavy (non-hydrogen) atoms. The van der Waals surface area contributed by atoms with Crippen molar-refractivity contribution in [2.24, 2.45) is 0 Å². The van der Waals surface area contributed by atoms with E-state index in [1.165, 1.54) is 7.11 Å². The van der Waals surface area contributed by atoms with Gasteiger partial charge in [0.25, 0.3) is 10.0 Å². The van der Waals surface area contributed by atoms with Gasteiger partial charge in [0.1, 0.15) is 5.75 Å². The Balaban J connectivity index is 2.06. The summed E-state index contributed by atoms with van der Waals surface area (Å²) in [5, 5.41) is 12.0. The Hall–Kier alpha value is -3.63. The topological polar surface area (TPSA) is 131 Å². The van der Waals surface area contributed by atoms with Crippen LogP contribution in [0.25, 0.3) is 11.0 Å². The molecule has 0 aliphatic carbocycles. The Morgan fingerprint density at radius 2 is 1.77 bits per heavy atom. The van der Waals surface area contributed by atoms with Gasteiger partial charge in [-0.2, -0.15) is 0 Å². The molecule has 0 aliphatic heterocycles. The van der Waals surface area contributed by atoms with Gasteiger partial charge in [-0.1, -0.05) is 30.3 Å². The van der Waals surface area contributed by atoms with Gasteiger partial charge in [-0.05, 0) is 30.3 Å². The zero-order valence-electron chi connectivity index (χ0n) is 16.2. The summed E-state index contributed by atoms with van der Waals surface area (Å²) in [6, 6.07) is 11.8. The van der Waals surface area contributed by atoms with Crippen LogP contribution in [0.5, 0.6) is 5.75 Å². The van der Waals surface area contributed by atoms with E-state index in [0.717, 1.165) is 6.08 Å². The number of allylic oxidation sites excluding steroid dienone is 1. The predicted octanol–water partition coefficient (Wildman–Crippen LogP) is 3.93. The smallest absolute Gasteiger partial charge is 0.328 e. The summed E-state index contributed by atoms with van der Waals surface area (Å²) < 4.78 is 32.7. The number of aliphatic carboxylic acids is 1. The second kappa shape index (κ2) is 9.02. The minimum atomic E-state index is -4.21. The number of carboxylic acids is 1. The first-order valence-electron chi connectivity index (χ1n) is 8.69. The lowest BCUT2D eigenvalue weighted by molar-refractivity contribution is -0.131. The van der Waals surface area contributed by atoms with Crippen LogP contribution in [0.3, 0.4) is 0 Å². The van der Waals surface area contributed by atoms with E-state index in [1.807, 2.05) is 0 Å². The van der Waals surface area contributed by atoms with Gasteiger partial charge in [0.05, 0.1) is 33.8 Å². The lowest BCUT2D eigenvalue weighted by Crippen LogP contribution is -2.16. The maximum absolute atomic E-state index is 12.6. The van der Waals surface area contributed by atoms with E-state index in [2.05, 4.69) is 26.6 Å². The lowest BCUT2D eigenvalue weighted by Gasteiger charge is -2.15. The van der Waals surface area contributed by atoms with E-state index < -0.39 is 20.9 Å². The van der Waals surface area contributed by atoms with Crippen LogP contribution in [0, 0.1) is 0 Å². The third kappa shape index (κ3) is 5.30. The Morgan fingerprint density at radius 3 is 2.39 bits per heavy atom. The molecule has 3 N–H and O–H groups in total. The van der Waals surface area contributed by atoms with Crippen molar-refractivity contribution in [3.05, 3.63) is 71.1 Å². The van der Waals surface area contributed by atoms with E-state index >= 15 is 0 Å². The van der Waals surface area contributed by atoms with Crippen LogP contribution in [-0.4, -0.2) is 36.6 Å². The van der Waals surface area contributed by atoms with Crippen molar-refractivity contribution in [2.75, 3.05) is 17.1 Å². The normalized spacial score (nSPS) is 11.4. The van der Waals surface area contributed by atoms with Crippen molar-refractivity contribution in [3.8, 4) is 5.75 Å². The molecule has 9 nitrogen and oxygen atoms in total. The molecule has 3 rings (SSSR count). The van der Waals surface area contributed by atoms with Crippen LogP contribution in [0.15, 0.2) is 66.1 Å². The Morgan fingerprint density at radius 1 is 1.13 bits per heavy atom. The fraction of sp³-hybridized carbons (Fsp3) is 0.0500. The molecule has 0 saturated carbocycles. The van der Waals surface area contributed by atoms with Crippen molar-refractivity contribution >= 4 is 56.0 Å². The number of fused-ring (bicyclic) bond motifs is 1. The molecule has 0 amide bonds. The molecule has 0 spiro atoms. The number of halogens is 1. The van der Waals surface area contributed by atoms with E-state index in [0.29, 0.717) is 33.6 Å². The van der Waals surface area contributed by atoms with Crippen LogP contribution in [-0.2, 0) is 14.8 Å². The first-order valence-corrected chi connectivity index (χ1v) is 10.6. The van der Waals surface area contributed by atoms with E-state index in [1.54, 1.807) is 42.5 Å². The molecule has 0 unspecified atom stereocenters. The third-order valence-electron chi connectivity index (χ3n) is 3.99. The molecular formula is C20H17ClN4O5S. The number of sulfonamides is 1. The van der Waals surface area contributed by atoms with Crippen molar-refractivity contribution in [1.82, 2.24) is 9.97 Å². The number of para-hydroxylation sites is 2. The molecule has 0 aliphatic rings. The maximum Gasteiger partial charge on any atom is 0.328 e. The summed E-state index contributed by atoms with van der Waals surface area (Å²) in [6.07, 6.45) is 1.54. The quantitative estimate of drug-likeness (QED) is 0.340. The maximum atomic E-state index is 12.6. The SMILES string of the molecule is C=C(/C=C/C(=O)O)S(=O)(=O)Nc1nc2ccccc2nc1Nc1cc(OC)ccc1Cl. The number of benzene rings is 2. The predicted molar refractivity (Wildman–Crippen MR) is 119 cm³/mol. The highest BCUT2D eigenvalue weighted by molar-refractivity contribution is 7.96. The van der Waals surface area contributed by atoms with Gasteiger partial charge in [-0.3, -0.25) is 4.72 Å². The first-order chi connectivity index (χ1) is 14.7. The minimum Gasteiger partial charge on any atom is -0.497 e. The first kappa shape index (κ1) is 22.1. The van der Waals surface area contributed by atoms with E-state index in [9.17, 15) is 13.2 Å². The van der Waals surface area contributed by atoms with Crippen LogP contribution in [0.1, 0.15) is 0 Å². The second-order valence-corrected chi connectivity index (χ2v) is 8.27. The van der Waals surface area contributed by atoms with E-state index in [-0.39, 0.29) is 11.6 Å². The van der Waals surface area contributed by atoms with Crippen LogP contribution in [0.4, 0.5) is 17.3 Å². The summed E-state index contributed by atoms with van der Waals surface area (Å²) in [7, 11) is -2.71. The molecule has 11 heteroatoms. The summed E-state index contributed by atoms with van der Waals surface area (Å²) in [4.78, 5) is 19.0. The van der Waals surface area contributed by atoms with Gasteiger partial charge in [0.2, 0.25) is 0 Å². The highest BCUT2D eigenvalue weighted by Gasteiger charge is 2.19. The summed E-state index contributed by atoms with van der Waals surface area (Å²) in [5.41, 5.74) is 1.36. The number of rotatable bonds is 8.